The van der Waals surface area contributed by atoms with Crippen LogP contribution in [0, 0.1) is 0 Å². The Balaban J connectivity index is 4.24. The molecule has 1 unspecified atom stereocenters. The Morgan fingerprint density at radius 3 is 2.38 bits per heavy atom. The molecule has 76 valence electrons. The van der Waals surface area contributed by atoms with Crippen LogP contribution in [0.5, 0.6) is 0 Å². The molecule has 13 heavy (non-hydrogen) atoms. The zero-order chi connectivity index (χ0) is 10.5. The third-order valence-corrected chi connectivity index (χ3v) is 1.37. The maximum absolute atomic E-state index is 10.4. The van der Waals surface area contributed by atoms with Crippen molar-refractivity contribution in [2.45, 2.75) is 39.0 Å². The molecular weight excluding hydrogens is 168 g/mol. The van der Waals surface area contributed by atoms with Gasteiger partial charge in [0.2, 0.25) is 0 Å². The topological polar surface area (TPSA) is 78.3 Å². The number of ether oxygens (including phenoxy) is 1. The Labute approximate surface area is 78.9 Å². The van der Waals surface area contributed by atoms with Gasteiger partial charge in [0.1, 0.15) is 12.2 Å². The minimum atomic E-state index is -0.693. The molecule has 0 aromatic rings. The third-order valence-electron chi connectivity index (χ3n) is 1.37. The second kappa shape index (κ2) is 5.14. The molecule has 0 aromatic heterocycles. The Kier molecular flexibility index (Phi) is 4.88. The van der Waals surface area contributed by atoms with Crippen LogP contribution in [-0.4, -0.2) is 24.3 Å². The lowest BCUT2D eigenvalue weighted by atomic mass is 10.1. The van der Waals surface area contributed by atoms with Crippen molar-refractivity contribution >= 4 is 5.94 Å². The lowest BCUT2D eigenvalue weighted by Crippen LogP contribution is -2.35. The molecule has 0 aromatic carbocycles. The average molecular weight is 186 g/mol. The van der Waals surface area contributed by atoms with Gasteiger partial charge in [-0.15, -0.1) is 0 Å². The van der Waals surface area contributed by atoms with Gasteiger partial charge in [0.25, 0.3) is 0 Å². The van der Waals surface area contributed by atoms with Gasteiger partial charge >= 0.3 is 0 Å². The fraction of sp³-hybridized carbons (Fsp3) is 0.778. The summed E-state index contributed by atoms with van der Waals surface area (Å²) in [5.41, 5.74) is 10.9. The van der Waals surface area contributed by atoms with Crippen molar-refractivity contribution in [2.75, 3.05) is 6.54 Å². The first-order valence-electron chi connectivity index (χ1n) is 4.28. The lowest BCUT2D eigenvalue weighted by Gasteiger charge is -2.24. The van der Waals surface area contributed by atoms with Crippen LogP contribution in [0.4, 0.5) is 0 Å². The normalized spacial score (nSPS) is 13.6. The van der Waals surface area contributed by atoms with Gasteiger partial charge in [0, 0.05) is 0 Å². The van der Waals surface area contributed by atoms with E-state index in [1.165, 1.54) is 0 Å². The second-order valence-electron chi connectivity index (χ2n) is 3.82. The van der Waals surface area contributed by atoms with E-state index >= 15 is 0 Å². The van der Waals surface area contributed by atoms with Gasteiger partial charge in [-0.25, -0.2) is 4.79 Å². The number of rotatable bonds is 4. The average Bonchev–Trinajstić information content (AvgIpc) is 1.96. The molecule has 0 rings (SSSR count). The summed E-state index contributed by atoms with van der Waals surface area (Å²) < 4.78 is 5.37. The van der Waals surface area contributed by atoms with E-state index in [0.717, 1.165) is 0 Å². The summed E-state index contributed by atoms with van der Waals surface area (Å²) in [5, 5.41) is 0. The highest BCUT2D eigenvalue weighted by Crippen LogP contribution is 2.13. The van der Waals surface area contributed by atoms with E-state index in [-0.39, 0.29) is 5.60 Å². The highest BCUT2D eigenvalue weighted by atomic mass is 16.5. The molecule has 0 heterocycles. The molecule has 4 heteroatoms. The molecule has 0 aliphatic carbocycles. The standard InChI is InChI=1S/C9H18N2O2/c1-9(2,3)13-8(11)7(6-12)4-5-10/h8H,4-5,10-11H2,1-3H3. The van der Waals surface area contributed by atoms with Crippen molar-refractivity contribution in [3.63, 3.8) is 0 Å². The largest absolute Gasteiger partial charge is 0.353 e. The van der Waals surface area contributed by atoms with Crippen LogP contribution in [0.25, 0.3) is 0 Å². The minimum Gasteiger partial charge on any atom is -0.353 e. The zero-order valence-corrected chi connectivity index (χ0v) is 8.46. The van der Waals surface area contributed by atoms with E-state index in [4.69, 9.17) is 16.2 Å². The first kappa shape index (κ1) is 12.3. The fourth-order valence-electron chi connectivity index (χ4n) is 0.859. The highest BCUT2D eigenvalue weighted by Gasteiger charge is 2.18. The molecule has 0 bridgehead atoms. The summed E-state index contributed by atoms with van der Waals surface area (Å²) >= 11 is 0. The molecule has 0 radical (unpaired) electrons. The molecule has 0 spiro atoms. The van der Waals surface area contributed by atoms with E-state index in [1.807, 2.05) is 20.8 Å². The molecule has 0 saturated carbocycles. The number of hydrogen-bond acceptors (Lipinski definition) is 4. The molecule has 4 N–H and O–H groups in total. The van der Waals surface area contributed by atoms with E-state index in [2.05, 4.69) is 0 Å². The monoisotopic (exact) mass is 186 g/mol. The molecule has 0 amide bonds. The summed E-state index contributed by atoms with van der Waals surface area (Å²) in [6.07, 6.45) is -0.262. The molecule has 4 nitrogen and oxygen atoms in total. The molecule has 0 saturated heterocycles. The third kappa shape index (κ3) is 5.55. The van der Waals surface area contributed by atoms with Crippen LogP contribution >= 0.6 is 0 Å². The summed E-state index contributed by atoms with van der Waals surface area (Å²) in [6.45, 7) is 6.00. The summed E-state index contributed by atoms with van der Waals surface area (Å²) in [5.74, 6) is 1.76. The van der Waals surface area contributed by atoms with Crippen molar-refractivity contribution in [2.24, 2.45) is 11.5 Å². The van der Waals surface area contributed by atoms with Gasteiger partial charge < -0.3 is 16.2 Å². The molecule has 0 aliphatic rings. The number of hydrogen-bond donors (Lipinski definition) is 2. The van der Waals surface area contributed by atoms with E-state index < -0.39 is 6.23 Å². The fourth-order valence-corrected chi connectivity index (χ4v) is 0.859. The summed E-state index contributed by atoms with van der Waals surface area (Å²) in [4.78, 5) is 10.4. The van der Waals surface area contributed by atoms with Crippen LogP contribution in [0.3, 0.4) is 0 Å². The zero-order valence-electron chi connectivity index (χ0n) is 8.46. The maximum atomic E-state index is 10.4. The first-order chi connectivity index (χ1) is 5.90. The van der Waals surface area contributed by atoms with Crippen molar-refractivity contribution in [1.82, 2.24) is 0 Å². The van der Waals surface area contributed by atoms with Crippen LogP contribution in [-0.2, 0) is 9.53 Å². The second-order valence-corrected chi connectivity index (χ2v) is 3.82. The molecule has 0 fully saturated rings. The molecular formula is C9H18N2O2. The van der Waals surface area contributed by atoms with Crippen LogP contribution in [0.2, 0.25) is 0 Å². The van der Waals surface area contributed by atoms with Crippen molar-refractivity contribution in [3.05, 3.63) is 5.57 Å². The molecule has 1 atom stereocenters. The van der Waals surface area contributed by atoms with Crippen LogP contribution < -0.4 is 11.5 Å². The quantitative estimate of drug-likeness (QED) is 0.485. The first-order valence-corrected chi connectivity index (χ1v) is 4.28. The number of carbonyl (C=O) groups excluding carboxylic acids is 1. The van der Waals surface area contributed by atoms with Crippen molar-refractivity contribution < 1.29 is 9.53 Å². The summed E-state index contributed by atoms with van der Waals surface area (Å²) in [7, 11) is 0. The number of nitrogens with two attached hydrogens (primary N) is 2. The van der Waals surface area contributed by atoms with Gasteiger partial charge in [0.15, 0.2) is 0 Å². The van der Waals surface area contributed by atoms with Gasteiger partial charge in [-0.3, -0.25) is 0 Å². The van der Waals surface area contributed by atoms with E-state index in [1.54, 1.807) is 5.94 Å². The van der Waals surface area contributed by atoms with E-state index in [9.17, 15) is 4.79 Å². The van der Waals surface area contributed by atoms with Gasteiger partial charge in [-0.05, 0) is 33.7 Å². The Hall–Kier alpha value is -0.670. The van der Waals surface area contributed by atoms with Gasteiger partial charge in [-0.1, -0.05) is 0 Å². The Morgan fingerprint density at radius 2 is 2.08 bits per heavy atom. The SMILES string of the molecule is CC(C)(C)OC(N)C(=C=O)CCN. The van der Waals surface area contributed by atoms with Crippen LogP contribution in [0.15, 0.2) is 5.57 Å². The van der Waals surface area contributed by atoms with Gasteiger partial charge in [0.05, 0.1) is 11.2 Å². The lowest BCUT2D eigenvalue weighted by molar-refractivity contribution is -0.0405. The predicted octanol–water partition coefficient (Wildman–Crippen LogP) is 0.193. The maximum Gasteiger partial charge on any atom is 0.139 e. The Morgan fingerprint density at radius 1 is 1.54 bits per heavy atom. The van der Waals surface area contributed by atoms with Crippen LogP contribution in [0.1, 0.15) is 27.2 Å². The van der Waals surface area contributed by atoms with Crippen molar-refractivity contribution in [3.8, 4) is 0 Å². The smallest absolute Gasteiger partial charge is 0.139 e. The predicted molar refractivity (Wildman–Crippen MR) is 51.7 cm³/mol. The van der Waals surface area contributed by atoms with E-state index in [0.29, 0.717) is 18.5 Å². The highest BCUT2D eigenvalue weighted by molar-refractivity contribution is 5.53. The minimum absolute atomic E-state index is 0.365. The summed E-state index contributed by atoms with van der Waals surface area (Å²) in [6, 6.07) is 0. The molecule has 0 aliphatic heterocycles. The van der Waals surface area contributed by atoms with Crippen molar-refractivity contribution in [1.29, 1.82) is 0 Å². The van der Waals surface area contributed by atoms with Gasteiger partial charge in [-0.2, -0.15) is 0 Å². The Bertz CT molecular complexity index is 202.